The third-order valence-electron chi connectivity index (χ3n) is 4.86. The lowest BCUT2D eigenvalue weighted by atomic mass is 9.95. The number of nitrogens with one attached hydrogen (secondary N) is 2. The van der Waals surface area contributed by atoms with Gasteiger partial charge in [0.1, 0.15) is 6.33 Å². The SMILES string of the molecule is CC(C)n1cnnc1SCC(=O)Nc1ccc(Cl)c(C(=O)NC2CCCCC2)c1. The van der Waals surface area contributed by atoms with Gasteiger partial charge in [0.15, 0.2) is 5.16 Å². The topological polar surface area (TPSA) is 88.9 Å². The number of hydrogen-bond donors (Lipinski definition) is 2. The summed E-state index contributed by atoms with van der Waals surface area (Å²) in [6.45, 7) is 4.06. The Morgan fingerprint density at radius 1 is 1.28 bits per heavy atom. The van der Waals surface area contributed by atoms with Gasteiger partial charge in [-0.1, -0.05) is 42.6 Å². The summed E-state index contributed by atoms with van der Waals surface area (Å²) in [4.78, 5) is 25.0. The zero-order valence-corrected chi connectivity index (χ0v) is 18.2. The molecule has 156 valence electrons. The molecular formula is C20H26ClN5O2S. The first kappa shape index (κ1) is 21.6. The highest BCUT2D eigenvalue weighted by Gasteiger charge is 2.19. The van der Waals surface area contributed by atoms with E-state index >= 15 is 0 Å². The van der Waals surface area contributed by atoms with Gasteiger partial charge in [0.05, 0.1) is 16.3 Å². The van der Waals surface area contributed by atoms with Gasteiger partial charge in [0, 0.05) is 17.8 Å². The number of anilines is 1. The summed E-state index contributed by atoms with van der Waals surface area (Å²) in [6.07, 6.45) is 7.14. The predicted octanol–water partition coefficient (Wildman–Crippen LogP) is 4.31. The lowest BCUT2D eigenvalue weighted by molar-refractivity contribution is -0.113. The predicted molar refractivity (Wildman–Crippen MR) is 116 cm³/mol. The second-order valence-corrected chi connectivity index (χ2v) is 8.80. The van der Waals surface area contributed by atoms with Gasteiger partial charge in [-0.3, -0.25) is 9.59 Å². The van der Waals surface area contributed by atoms with Crippen molar-refractivity contribution in [2.75, 3.05) is 11.1 Å². The van der Waals surface area contributed by atoms with Crippen molar-refractivity contribution in [1.29, 1.82) is 0 Å². The highest BCUT2D eigenvalue weighted by molar-refractivity contribution is 7.99. The fourth-order valence-corrected chi connectivity index (χ4v) is 4.35. The Morgan fingerprint density at radius 3 is 2.76 bits per heavy atom. The molecule has 2 aromatic rings. The molecule has 1 fully saturated rings. The fourth-order valence-electron chi connectivity index (χ4n) is 3.30. The van der Waals surface area contributed by atoms with E-state index in [1.54, 1.807) is 24.5 Å². The molecule has 29 heavy (non-hydrogen) atoms. The summed E-state index contributed by atoms with van der Waals surface area (Å²) in [5.74, 6) is -0.191. The second-order valence-electron chi connectivity index (χ2n) is 7.45. The van der Waals surface area contributed by atoms with Crippen molar-refractivity contribution >= 4 is 40.9 Å². The summed E-state index contributed by atoms with van der Waals surface area (Å²) >= 11 is 7.54. The van der Waals surface area contributed by atoms with Crippen LogP contribution in [0.25, 0.3) is 0 Å². The summed E-state index contributed by atoms with van der Waals surface area (Å²) in [7, 11) is 0. The number of carbonyl (C=O) groups is 2. The zero-order valence-electron chi connectivity index (χ0n) is 16.7. The molecule has 0 bridgehead atoms. The molecule has 0 aliphatic heterocycles. The number of nitrogens with zero attached hydrogens (tertiary/aromatic N) is 3. The van der Waals surface area contributed by atoms with Crippen LogP contribution in [-0.4, -0.2) is 38.4 Å². The molecular weight excluding hydrogens is 410 g/mol. The van der Waals surface area contributed by atoms with Crippen LogP contribution in [0.4, 0.5) is 5.69 Å². The number of hydrogen-bond acceptors (Lipinski definition) is 5. The molecule has 1 aliphatic carbocycles. The van der Waals surface area contributed by atoms with Gasteiger partial charge in [-0.25, -0.2) is 0 Å². The van der Waals surface area contributed by atoms with Crippen LogP contribution in [0.2, 0.25) is 5.02 Å². The van der Waals surface area contributed by atoms with Crippen molar-refractivity contribution < 1.29 is 9.59 Å². The van der Waals surface area contributed by atoms with Crippen LogP contribution in [0.3, 0.4) is 0 Å². The van der Waals surface area contributed by atoms with Gasteiger partial charge in [-0.2, -0.15) is 0 Å². The van der Waals surface area contributed by atoms with E-state index in [0.717, 1.165) is 25.7 Å². The maximum atomic E-state index is 12.6. The van der Waals surface area contributed by atoms with E-state index in [1.807, 2.05) is 18.4 Å². The molecule has 0 unspecified atom stereocenters. The van der Waals surface area contributed by atoms with E-state index in [0.29, 0.717) is 21.4 Å². The number of benzene rings is 1. The molecule has 1 heterocycles. The third-order valence-corrected chi connectivity index (χ3v) is 6.15. The molecule has 2 N–H and O–H groups in total. The Balaban J connectivity index is 1.59. The van der Waals surface area contributed by atoms with E-state index in [4.69, 9.17) is 11.6 Å². The second kappa shape index (κ2) is 10.1. The first-order chi connectivity index (χ1) is 13.9. The van der Waals surface area contributed by atoms with Crippen LogP contribution in [0.15, 0.2) is 29.7 Å². The van der Waals surface area contributed by atoms with Crippen LogP contribution in [0.5, 0.6) is 0 Å². The van der Waals surface area contributed by atoms with Gasteiger partial charge in [-0.05, 0) is 44.9 Å². The molecule has 3 rings (SSSR count). The van der Waals surface area contributed by atoms with Crippen molar-refractivity contribution in [3.63, 3.8) is 0 Å². The Kier molecular flexibility index (Phi) is 7.55. The van der Waals surface area contributed by atoms with Crippen LogP contribution in [0, 0.1) is 0 Å². The van der Waals surface area contributed by atoms with Crippen molar-refractivity contribution in [1.82, 2.24) is 20.1 Å². The molecule has 1 aromatic carbocycles. The molecule has 0 saturated heterocycles. The lowest BCUT2D eigenvalue weighted by Gasteiger charge is -2.23. The van der Waals surface area contributed by atoms with E-state index in [-0.39, 0.29) is 29.7 Å². The molecule has 1 saturated carbocycles. The number of halogens is 1. The molecule has 9 heteroatoms. The normalized spacial score (nSPS) is 14.8. The van der Waals surface area contributed by atoms with Crippen molar-refractivity contribution in [3.8, 4) is 0 Å². The highest BCUT2D eigenvalue weighted by atomic mass is 35.5. The minimum absolute atomic E-state index is 0.186. The number of thioether (sulfide) groups is 1. The fraction of sp³-hybridized carbons (Fsp3) is 0.500. The molecule has 0 spiro atoms. The van der Waals surface area contributed by atoms with Crippen LogP contribution in [-0.2, 0) is 4.79 Å². The number of amides is 2. The summed E-state index contributed by atoms with van der Waals surface area (Å²) in [5, 5.41) is 14.9. The summed E-state index contributed by atoms with van der Waals surface area (Å²) < 4.78 is 1.91. The lowest BCUT2D eigenvalue weighted by Crippen LogP contribution is -2.36. The van der Waals surface area contributed by atoms with E-state index in [2.05, 4.69) is 20.8 Å². The van der Waals surface area contributed by atoms with E-state index < -0.39 is 0 Å². The van der Waals surface area contributed by atoms with Gasteiger partial charge >= 0.3 is 0 Å². The van der Waals surface area contributed by atoms with E-state index in [1.165, 1.54) is 18.2 Å². The monoisotopic (exact) mass is 435 g/mol. The van der Waals surface area contributed by atoms with Gasteiger partial charge in [0.25, 0.3) is 5.91 Å². The molecule has 1 aromatic heterocycles. The van der Waals surface area contributed by atoms with Gasteiger partial charge in [-0.15, -0.1) is 10.2 Å². The summed E-state index contributed by atoms with van der Waals surface area (Å²) in [6, 6.07) is 5.37. The number of rotatable bonds is 7. The maximum absolute atomic E-state index is 12.6. The Labute approximate surface area is 180 Å². The molecule has 0 atom stereocenters. The van der Waals surface area contributed by atoms with Crippen LogP contribution >= 0.6 is 23.4 Å². The smallest absolute Gasteiger partial charge is 0.253 e. The van der Waals surface area contributed by atoms with Gasteiger partial charge in [0.2, 0.25) is 5.91 Å². The van der Waals surface area contributed by atoms with Crippen molar-refractivity contribution in [2.45, 2.75) is 63.2 Å². The minimum atomic E-state index is -0.197. The first-order valence-electron chi connectivity index (χ1n) is 9.86. The van der Waals surface area contributed by atoms with Crippen LogP contribution in [0.1, 0.15) is 62.4 Å². The first-order valence-corrected chi connectivity index (χ1v) is 11.2. The number of carbonyl (C=O) groups excluding carboxylic acids is 2. The minimum Gasteiger partial charge on any atom is -0.349 e. The zero-order chi connectivity index (χ0) is 20.8. The average Bonchev–Trinajstić information content (AvgIpc) is 3.17. The molecule has 1 aliphatic rings. The van der Waals surface area contributed by atoms with E-state index in [9.17, 15) is 9.59 Å². The third kappa shape index (κ3) is 5.96. The Hall–Kier alpha value is -2.06. The standard InChI is InChI=1S/C20H26ClN5O2S/c1-13(2)26-12-22-25-20(26)29-11-18(27)23-15-8-9-17(21)16(10-15)19(28)24-14-6-4-3-5-7-14/h8-10,12-14H,3-7,11H2,1-2H3,(H,23,27)(H,24,28). The molecule has 0 radical (unpaired) electrons. The van der Waals surface area contributed by atoms with Crippen LogP contribution < -0.4 is 10.6 Å². The highest BCUT2D eigenvalue weighted by Crippen LogP contribution is 2.24. The largest absolute Gasteiger partial charge is 0.349 e. The van der Waals surface area contributed by atoms with Gasteiger partial charge < -0.3 is 15.2 Å². The molecule has 2 amide bonds. The average molecular weight is 436 g/mol. The summed E-state index contributed by atoms with van der Waals surface area (Å²) in [5.41, 5.74) is 0.918. The van der Waals surface area contributed by atoms with Crippen molar-refractivity contribution in [2.24, 2.45) is 0 Å². The Morgan fingerprint density at radius 2 is 2.03 bits per heavy atom. The molecule has 7 nitrogen and oxygen atoms in total. The Bertz CT molecular complexity index is 864. The van der Waals surface area contributed by atoms with Crippen molar-refractivity contribution in [3.05, 3.63) is 35.1 Å². The number of aromatic nitrogens is 3. The maximum Gasteiger partial charge on any atom is 0.253 e. The quantitative estimate of drug-likeness (QED) is 0.632.